The van der Waals surface area contributed by atoms with Crippen LogP contribution in [0.25, 0.3) is 0 Å². The molecule has 1 saturated carbocycles. The summed E-state index contributed by atoms with van der Waals surface area (Å²) in [5.74, 6) is 0.628. The second-order valence-electron chi connectivity index (χ2n) is 3.98. The molecule has 0 N–H and O–H groups in total. The fourth-order valence-electron chi connectivity index (χ4n) is 2.01. The third-order valence-electron chi connectivity index (χ3n) is 2.91. The molecule has 2 nitrogen and oxygen atoms in total. The van der Waals surface area contributed by atoms with Crippen LogP contribution in [-0.4, -0.2) is 17.3 Å². The fourth-order valence-corrected chi connectivity index (χ4v) is 3.38. The van der Waals surface area contributed by atoms with Crippen LogP contribution in [0.4, 0.5) is 0 Å². The molecular weight excluding hydrogens is 216 g/mol. The minimum absolute atomic E-state index is 0.269. The van der Waals surface area contributed by atoms with Gasteiger partial charge in [-0.25, -0.2) is 0 Å². The number of fused-ring (bicyclic) bond motifs is 1. The molecule has 0 aromatic rings. The largest absolute Gasteiger partial charge is 0.308 e. The van der Waals surface area contributed by atoms with Crippen LogP contribution in [0.1, 0.15) is 26.2 Å². The topological polar surface area (TPSA) is 18.5 Å². The minimum atomic E-state index is 0.269. The molecule has 0 spiro atoms. The average Bonchev–Trinajstić information content (AvgIpc) is 2.41. The van der Waals surface area contributed by atoms with Crippen molar-refractivity contribution < 1.29 is 8.37 Å². The zero-order valence-corrected chi connectivity index (χ0v) is 10.0. The van der Waals surface area contributed by atoms with Gasteiger partial charge in [-0.05, 0) is 32.1 Å². The highest BCUT2D eigenvalue weighted by Crippen LogP contribution is 2.38. The van der Waals surface area contributed by atoms with Crippen LogP contribution < -0.4 is 0 Å². The normalized spacial score (nSPS) is 38.5. The molecule has 0 aromatic heterocycles. The predicted octanol–water partition coefficient (Wildman–Crippen LogP) is 3.40. The molecule has 0 amide bonds. The van der Waals surface area contributed by atoms with Crippen LogP contribution in [0, 0.1) is 5.92 Å². The lowest BCUT2D eigenvalue weighted by Crippen LogP contribution is -2.35. The molecule has 1 saturated heterocycles. The molecule has 14 heavy (non-hydrogen) atoms. The van der Waals surface area contributed by atoms with Crippen molar-refractivity contribution in [2.24, 2.45) is 5.92 Å². The van der Waals surface area contributed by atoms with Crippen molar-refractivity contribution >= 4 is 24.1 Å². The number of hydrogen-bond acceptors (Lipinski definition) is 4. The highest BCUT2D eigenvalue weighted by Gasteiger charge is 2.34. The molecule has 1 aliphatic carbocycles. The van der Waals surface area contributed by atoms with Crippen molar-refractivity contribution in [2.75, 3.05) is 5.08 Å². The molecule has 4 heteroatoms. The summed E-state index contributed by atoms with van der Waals surface area (Å²) < 4.78 is 11.4. The quantitative estimate of drug-likeness (QED) is 0.509. The van der Waals surface area contributed by atoms with Gasteiger partial charge >= 0.3 is 0 Å². The third kappa shape index (κ3) is 2.48. The van der Waals surface area contributed by atoms with Crippen molar-refractivity contribution in [1.82, 2.24) is 0 Å². The first-order valence-corrected chi connectivity index (χ1v) is 6.81. The predicted molar refractivity (Wildman–Crippen MR) is 62.0 cm³/mol. The van der Waals surface area contributed by atoms with E-state index < -0.39 is 0 Å². The Bertz CT molecular complexity index is 220. The van der Waals surface area contributed by atoms with Gasteiger partial charge in [-0.15, -0.1) is 0 Å². The zero-order valence-electron chi connectivity index (χ0n) is 8.40. The van der Waals surface area contributed by atoms with E-state index in [1.165, 1.54) is 36.1 Å². The van der Waals surface area contributed by atoms with Crippen molar-refractivity contribution in [3.05, 3.63) is 12.2 Å². The van der Waals surface area contributed by atoms with Crippen molar-refractivity contribution in [3.63, 3.8) is 0 Å². The summed E-state index contributed by atoms with van der Waals surface area (Å²) in [4.78, 5) is 0. The Morgan fingerprint density at radius 3 is 2.64 bits per heavy atom. The lowest BCUT2D eigenvalue weighted by molar-refractivity contribution is 0.0381. The summed E-state index contributed by atoms with van der Waals surface area (Å²) in [6, 6.07) is 0. The lowest BCUT2D eigenvalue weighted by Gasteiger charge is -2.33. The summed E-state index contributed by atoms with van der Waals surface area (Å²) in [5.41, 5.74) is 1.29. The number of hydrogen-bond donors (Lipinski definition) is 0. The van der Waals surface area contributed by atoms with Gasteiger partial charge in [0.1, 0.15) is 6.10 Å². The number of rotatable bonds is 1. The van der Waals surface area contributed by atoms with Crippen LogP contribution in [0.15, 0.2) is 12.2 Å². The Morgan fingerprint density at radius 1 is 1.21 bits per heavy atom. The maximum atomic E-state index is 5.72. The van der Waals surface area contributed by atoms with Gasteiger partial charge in [-0.1, -0.05) is 12.2 Å². The van der Waals surface area contributed by atoms with E-state index in [9.17, 15) is 0 Å². The lowest BCUT2D eigenvalue weighted by atomic mass is 9.82. The van der Waals surface area contributed by atoms with Crippen molar-refractivity contribution in [1.29, 1.82) is 0 Å². The highest BCUT2D eigenvalue weighted by atomic mass is 32.2. The van der Waals surface area contributed by atoms with Gasteiger partial charge in [-0.2, -0.15) is 0 Å². The highest BCUT2D eigenvalue weighted by molar-refractivity contribution is 8.11. The first kappa shape index (κ1) is 10.9. The van der Waals surface area contributed by atoms with Crippen LogP contribution in [0.5, 0.6) is 0 Å². The van der Waals surface area contributed by atoms with Gasteiger partial charge in [-0.3, -0.25) is 0 Å². The summed E-state index contributed by atoms with van der Waals surface area (Å²) in [6.45, 7) is 6.15. The maximum Gasteiger partial charge on any atom is 0.100 e. The molecule has 0 bridgehead atoms. The van der Waals surface area contributed by atoms with Crippen molar-refractivity contribution in [2.45, 2.75) is 38.4 Å². The van der Waals surface area contributed by atoms with Crippen LogP contribution >= 0.6 is 24.1 Å². The van der Waals surface area contributed by atoms with E-state index in [-0.39, 0.29) is 6.10 Å². The molecule has 2 aliphatic rings. The van der Waals surface area contributed by atoms with Gasteiger partial charge in [0.2, 0.25) is 0 Å². The zero-order chi connectivity index (χ0) is 9.97. The molecule has 0 radical (unpaired) electrons. The Kier molecular flexibility index (Phi) is 3.82. The SMILES string of the molecule is C=C(C)C1CCC2OSCSOC2C1. The van der Waals surface area contributed by atoms with E-state index in [4.69, 9.17) is 8.37 Å². The first-order chi connectivity index (χ1) is 6.77. The monoisotopic (exact) mass is 232 g/mol. The second-order valence-corrected chi connectivity index (χ2v) is 5.78. The molecular formula is C10H16O2S2. The smallest absolute Gasteiger partial charge is 0.100 e. The molecule has 2 fully saturated rings. The third-order valence-corrected chi connectivity index (χ3v) is 4.44. The van der Waals surface area contributed by atoms with Crippen molar-refractivity contribution in [3.8, 4) is 0 Å². The second kappa shape index (κ2) is 4.92. The summed E-state index contributed by atoms with van der Waals surface area (Å²) >= 11 is 3.05. The van der Waals surface area contributed by atoms with E-state index in [1.807, 2.05) is 0 Å². The molecule has 0 aromatic carbocycles. The Balaban J connectivity index is 1.96. The van der Waals surface area contributed by atoms with Crippen LogP contribution in [-0.2, 0) is 8.37 Å². The average molecular weight is 232 g/mol. The van der Waals surface area contributed by atoms with Gasteiger partial charge in [0, 0.05) is 24.1 Å². The standard InChI is InChI=1S/C10H16O2S2/c1-7(2)8-3-4-9-10(5-8)12-14-6-13-11-9/h8-10H,1,3-6H2,2H3. The fraction of sp³-hybridized carbons (Fsp3) is 0.800. The molecule has 80 valence electrons. The van der Waals surface area contributed by atoms with E-state index in [2.05, 4.69) is 13.5 Å². The van der Waals surface area contributed by atoms with Gasteiger partial charge in [0.25, 0.3) is 0 Å². The molecule has 1 aliphatic heterocycles. The van der Waals surface area contributed by atoms with E-state index in [0.717, 1.165) is 17.9 Å². The Hall–Kier alpha value is 0.360. The molecule has 1 heterocycles. The maximum absolute atomic E-state index is 5.72. The van der Waals surface area contributed by atoms with Gasteiger partial charge < -0.3 is 8.37 Å². The number of allylic oxidation sites excluding steroid dienone is 1. The van der Waals surface area contributed by atoms with E-state index in [0.29, 0.717) is 12.0 Å². The van der Waals surface area contributed by atoms with Crippen LogP contribution in [0.2, 0.25) is 0 Å². The van der Waals surface area contributed by atoms with Crippen LogP contribution in [0.3, 0.4) is 0 Å². The summed E-state index contributed by atoms with van der Waals surface area (Å²) in [5, 5.41) is 0.880. The molecule has 3 unspecified atom stereocenters. The minimum Gasteiger partial charge on any atom is -0.308 e. The van der Waals surface area contributed by atoms with E-state index in [1.54, 1.807) is 0 Å². The molecule has 2 rings (SSSR count). The molecule has 3 atom stereocenters. The Labute approximate surface area is 94.2 Å². The first-order valence-electron chi connectivity index (χ1n) is 4.99. The van der Waals surface area contributed by atoms with Gasteiger partial charge in [0.05, 0.1) is 11.2 Å². The van der Waals surface area contributed by atoms with E-state index >= 15 is 0 Å². The van der Waals surface area contributed by atoms with Gasteiger partial charge in [0.15, 0.2) is 0 Å². The summed E-state index contributed by atoms with van der Waals surface area (Å²) in [6.07, 6.45) is 3.95. The Morgan fingerprint density at radius 2 is 1.93 bits per heavy atom. The summed E-state index contributed by atoms with van der Waals surface area (Å²) in [7, 11) is 0.